The number of nitrogens with zero attached hydrogens (tertiary/aromatic N) is 3. The fourth-order valence-electron chi connectivity index (χ4n) is 4.53. The predicted molar refractivity (Wildman–Crippen MR) is 133 cm³/mol. The molecule has 196 valence electrons. The molecule has 0 radical (unpaired) electrons. The number of rotatable bonds is 10. The van der Waals surface area contributed by atoms with Gasteiger partial charge in [0, 0.05) is 34.8 Å². The van der Waals surface area contributed by atoms with E-state index < -0.39 is 11.9 Å². The molecule has 0 bridgehead atoms. The highest BCUT2D eigenvalue weighted by atomic mass is 32.2. The van der Waals surface area contributed by atoms with Gasteiger partial charge in [-0.15, -0.1) is 0 Å². The van der Waals surface area contributed by atoms with Crippen LogP contribution in [0, 0.1) is 0 Å². The van der Waals surface area contributed by atoms with Crippen LogP contribution in [-0.2, 0) is 9.59 Å². The minimum absolute atomic E-state index is 0.0640. The van der Waals surface area contributed by atoms with E-state index in [4.69, 9.17) is 21.3 Å². The molecule has 4 heterocycles. The smallest absolute Gasteiger partial charge is 0.315 e. The van der Waals surface area contributed by atoms with Crippen molar-refractivity contribution in [3.8, 4) is 0 Å². The molecule has 13 nitrogen and oxygen atoms in total. The third-order valence-electron chi connectivity index (χ3n) is 6.13. The van der Waals surface area contributed by atoms with Crippen molar-refractivity contribution in [1.82, 2.24) is 21.3 Å². The highest BCUT2D eigenvalue weighted by Gasteiger charge is 2.43. The lowest BCUT2D eigenvalue weighted by atomic mass is 10.0. The number of aliphatic carboxylic acids is 2. The Morgan fingerprint density at radius 2 is 1.14 bits per heavy atom. The monoisotopic (exact) mass is 530 g/mol. The van der Waals surface area contributed by atoms with Crippen LogP contribution in [0.25, 0.3) is 16.0 Å². The Hall–Kier alpha value is -2.51. The summed E-state index contributed by atoms with van der Waals surface area (Å²) < 4.78 is 0. The molecule has 4 fully saturated rings. The van der Waals surface area contributed by atoms with Gasteiger partial charge in [-0.3, -0.25) is 14.5 Å². The van der Waals surface area contributed by atoms with Gasteiger partial charge in [-0.2, -0.15) is 23.5 Å². The standard InChI is InChI=1S/2C10H16N2O3S.N3/c2*13-8(14)4-2-1-3-7-9-6(5-16-7)11-10(15)12-9;1-3-2/h2*6-7,9H,1-5H2,(H,13,14)(H2,11,12,15);/q;;-1/t2*6-,7-,9-;/m00./s1. The summed E-state index contributed by atoms with van der Waals surface area (Å²) in [5, 5.41) is 29.6. The summed E-state index contributed by atoms with van der Waals surface area (Å²) in [5.41, 5.74) is 13.5. The molecule has 0 aromatic rings. The summed E-state index contributed by atoms with van der Waals surface area (Å²) in [4.78, 5) is 44.4. The van der Waals surface area contributed by atoms with E-state index in [9.17, 15) is 19.2 Å². The third kappa shape index (κ3) is 9.57. The van der Waals surface area contributed by atoms with Gasteiger partial charge in [-0.25, -0.2) is 9.59 Å². The average molecular weight is 531 g/mol. The van der Waals surface area contributed by atoms with Crippen molar-refractivity contribution >= 4 is 47.5 Å². The second-order valence-electron chi connectivity index (χ2n) is 8.61. The zero-order chi connectivity index (χ0) is 25.8. The Morgan fingerprint density at radius 1 is 0.771 bits per heavy atom. The van der Waals surface area contributed by atoms with Crippen molar-refractivity contribution in [3.05, 3.63) is 16.0 Å². The van der Waals surface area contributed by atoms with Gasteiger partial charge in [0.1, 0.15) is 0 Å². The summed E-state index contributed by atoms with van der Waals surface area (Å²) in [7, 11) is 0. The van der Waals surface area contributed by atoms with Gasteiger partial charge >= 0.3 is 24.0 Å². The number of nitrogens with one attached hydrogen (secondary N) is 4. The summed E-state index contributed by atoms with van der Waals surface area (Å²) in [6.07, 6.45) is 5.76. The summed E-state index contributed by atoms with van der Waals surface area (Å²) in [6, 6.07) is 0.880. The zero-order valence-electron chi connectivity index (χ0n) is 19.2. The molecule has 0 aromatic carbocycles. The first kappa shape index (κ1) is 28.7. The number of hydrogen-bond donors (Lipinski definition) is 6. The van der Waals surface area contributed by atoms with Crippen LogP contribution >= 0.6 is 23.5 Å². The number of thioether (sulfide) groups is 2. The number of carboxylic acids is 2. The largest absolute Gasteiger partial charge is 0.481 e. The van der Waals surface area contributed by atoms with E-state index >= 15 is 0 Å². The molecule has 0 spiro atoms. The van der Waals surface area contributed by atoms with E-state index in [1.165, 1.54) is 4.91 Å². The van der Waals surface area contributed by atoms with Crippen LogP contribution in [-0.4, -0.2) is 80.4 Å². The predicted octanol–water partition coefficient (Wildman–Crippen LogP) is 2.46. The molecule has 0 saturated carbocycles. The fraction of sp³-hybridized carbons (Fsp3) is 0.800. The summed E-state index contributed by atoms with van der Waals surface area (Å²) in [5.74, 6) is 0.473. The maximum atomic E-state index is 11.1. The highest BCUT2D eigenvalue weighted by molar-refractivity contribution is 8.00. The normalized spacial score (nSPS) is 29.5. The number of amides is 4. The molecule has 4 aliphatic heterocycles. The SMILES string of the molecule is O=C(O)CCCC[C@@H]1SC[C@@H]2NC(=O)N[C@@H]21.O=C(O)CCCC[C@@H]1SC[C@@H]2NC(=O)N[C@@H]21.[N-]=[N+]=[N-]. The van der Waals surface area contributed by atoms with Gasteiger partial charge in [-0.05, 0) is 25.7 Å². The Balaban J connectivity index is 0.000000222. The molecule has 0 aliphatic carbocycles. The van der Waals surface area contributed by atoms with Crippen LogP contribution in [0.5, 0.6) is 0 Å². The first-order chi connectivity index (χ1) is 16.7. The Bertz CT molecular complexity index is 740. The minimum atomic E-state index is -0.729. The fourth-order valence-corrected chi connectivity index (χ4v) is 7.62. The van der Waals surface area contributed by atoms with Crippen LogP contribution < -0.4 is 21.3 Å². The number of carboxylic acid groups (broad SMARTS) is 2. The lowest BCUT2D eigenvalue weighted by Gasteiger charge is -2.16. The molecule has 4 saturated heterocycles. The van der Waals surface area contributed by atoms with Crippen molar-refractivity contribution in [2.45, 2.75) is 86.0 Å². The molecular formula is C20H32N7O6S2-. The molecule has 6 atom stereocenters. The molecule has 4 rings (SSSR count). The number of carbonyl (C=O) groups is 4. The van der Waals surface area contributed by atoms with Gasteiger partial charge < -0.3 is 42.5 Å². The van der Waals surface area contributed by atoms with Gasteiger partial charge in [0.2, 0.25) is 0 Å². The minimum Gasteiger partial charge on any atom is -0.481 e. The van der Waals surface area contributed by atoms with E-state index in [0.29, 0.717) is 10.5 Å². The number of unbranched alkanes of at least 4 members (excludes halogenated alkanes) is 2. The van der Waals surface area contributed by atoms with Gasteiger partial charge in [-0.1, -0.05) is 12.8 Å². The Labute approximate surface area is 211 Å². The Morgan fingerprint density at radius 3 is 1.49 bits per heavy atom. The quantitative estimate of drug-likeness (QED) is 0.0808. The number of hydrogen-bond acceptors (Lipinski definition) is 6. The lowest BCUT2D eigenvalue weighted by molar-refractivity contribution is -0.138. The summed E-state index contributed by atoms with van der Waals surface area (Å²) >= 11 is 3.74. The van der Waals surface area contributed by atoms with Crippen molar-refractivity contribution in [3.63, 3.8) is 0 Å². The average Bonchev–Trinajstić information content (AvgIpc) is 3.52. The van der Waals surface area contributed by atoms with E-state index in [1.807, 2.05) is 23.5 Å². The molecule has 0 aromatic heterocycles. The molecule has 4 amide bonds. The van der Waals surface area contributed by atoms with E-state index in [0.717, 1.165) is 50.0 Å². The maximum absolute atomic E-state index is 11.1. The number of urea groups is 2. The van der Waals surface area contributed by atoms with Crippen LogP contribution in [0.3, 0.4) is 0 Å². The van der Waals surface area contributed by atoms with Crippen LogP contribution in [0.15, 0.2) is 0 Å². The van der Waals surface area contributed by atoms with Gasteiger partial charge in [0.25, 0.3) is 0 Å². The maximum Gasteiger partial charge on any atom is 0.315 e. The second kappa shape index (κ2) is 14.8. The van der Waals surface area contributed by atoms with Crippen molar-refractivity contribution in [2.24, 2.45) is 0 Å². The number of carbonyl (C=O) groups excluding carboxylic acids is 2. The lowest BCUT2D eigenvalue weighted by Crippen LogP contribution is -2.36. The van der Waals surface area contributed by atoms with Crippen LogP contribution in [0.4, 0.5) is 9.59 Å². The van der Waals surface area contributed by atoms with Gasteiger partial charge in [0.15, 0.2) is 0 Å². The molecular weight excluding hydrogens is 498 g/mol. The Kier molecular flexibility index (Phi) is 12.1. The molecule has 6 N–H and O–H groups in total. The van der Waals surface area contributed by atoms with Crippen molar-refractivity contribution in [2.75, 3.05) is 11.5 Å². The van der Waals surface area contributed by atoms with Crippen molar-refractivity contribution in [1.29, 1.82) is 0 Å². The molecule has 15 heteroatoms. The van der Waals surface area contributed by atoms with E-state index in [2.05, 4.69) is 21.3 Å². The third-order valence-corrected chi connectivity index (χ3v) is 9.15. The van der Waals surface area contributed by atoms with E-state index in [1.54, 1.807) is 0 Å². The first-order valence-electron chi connectivity index (χ1n) is 11.5. The van der Waals surface area contributed by atoms with Crippen molar-refractivity contribution < 1.29 is 29.4 Å². The van der Waals surface area contributed by atoms with Crippen LogP contribution in [0.2, 0.25) is 0 Å². The molecule has 4 aliphatic rings. The zero-order valence-corrected chi connectivity index (χ0v) is 20.9. The van der Waals surface area contributed by atoms with Crippen LogP contribution in [0.1, 0.15) is 51.4 Å². The van der Waals surface area contributed by atoms with Gasteiger partial charge in [0.05, 0.1) is 24.2 Å². The molecule has 35 heavy (non-hydrogen) atoms. The number of fused-ring (bicyclic) bond motifs is 2. The first-order valence-corrected chi connectivity index (χ1v) is 13.6. The molecule has 0 unspecified atom stereocenters. The highest BCUT2D eigenvalue weighted by Crippen LogP contribution is 2.34. The topological polar surface area (TPSA) is 216 Å². The summed E-state index contributed by atoms with van der Waals surface area (Å²) in [6.45, 7) is 0. The second-order valence-corrected chi connectivity index (χ2v) is 11.2. The van der Waals surface area contributed by atoms with E-state index in [-0.39, 0.29) is 49.1 Å².